The summed E-state index contributed by atoms with van der Waals surface area (Å²) in [5.74, 6) is 0.314. The number of thiophene rings is 1. The molecule has 1 unspecified atom stereocenters. The number of aliphatic imine (C=N–C) groups is 1. The number of rotatable bonds is 7. The van der Waals surface area contributed by atoms with E-state index in [1.165, 1.54) is 10.4 Å². The van der Waals surface area contributed by atoms with Crippen LogP contribution in [0.25, 0.3) is 5.00 Å². The van der Waals surface area contributed by atoms with Crippen molar-refractivity contribution in [3.63, 3.8) is 0 Å². The van der Waals surface area contributed by atoms with Crippen molar-refractivity contribution in [2.24, 2.45) is 4.99 Å². The smallest absolute Gasteiger partial charge is 0.338 e. The van der Waals surface area contributed by atoms with Gasteiger partial charge in [-0.3, -0.25) is 14.4 Å². The Labute approximate surface area is 261 Å². The van der Waals surface area contributed by atoms with Crippen LogP contribution in [-0.4, -0.2) is 43.3 Å². The standard InChI is InChI=1S/C33H36N4O4S2/c1-8-21-9-13-23(14-10-21)26-25-18(2)19(3)43-30(25)37-20(4)35-36-29(37)27(34-26)28(42)32(39)40-17-22-11-15-24(16-12-22)31(38)41-33(5,6)7/h9-16,27-28,42H,8,17H2,1-7H3/t27-,28?/m0/s1. The average molecular weight is 617 g/mol. The summed E-state index contributed by atoms with van der Waals surface area (Å²) >= 11 is 6.41. The van der Waals surface area contributed by atoms with Crippen molar-refractivity contribution in [3.05, 3.63) is 98.4 Å². The Kier molecular flexibility index (Phi) is 8.63. The second-order valence-corrected chi connectivity index (χ2v) is 13.4. The van der Waals surface area contributed by atoms with Crippen molar-refractivity contribution in [1.29, 1.82) is 0 Å². The molecule has 224 valence electrons. The number of hydrogen-bond donors (Lipinski definition) is 1. The summed E-state index contributed by atoms with van der Waals surface area (Å²) in [7, 11) is 0. The summed E-state index contributed by atoms with van der Waals surface area (Å²) < 4.78 is 13.1. The van der Waals surface area contributed by atoms with Gasteiger partial charge in [0.2, 0.25) is 0 Å². The fourth-order valence-corrected chi connectivity index (χ4v) is 6.39. The van der Waals surface area contributed by atoms with Gasteiger partial charge < -0.3 is 9.47 Å². The van der Waals surface area contributed by atoms with E-state index in [1.54, 1.807) is 35.6 Å². The highest BCUT2D eigenvalue weighted by Crippen LogP contribution is 2.40. The molecule has 1 aliphatic rings. The largest absolute Gasteiger partial charge is 0.460 e. The minimum atomic E-state index is -0.941. The molecule has 0 saturated heterocycles. The van der Waals surface area contributed by atoms with Crippen LogP contribution in [0.2, 0.25) is 0 Å². The SMILES string of the molecule is CCc1ccc(C2=N[C@@H](C(S)C(=O)OCc3ccc(C(=O)OC(C)(C)C)cc3)c3nnc(C)n3-c3sc(C)c(C)c32)cc1. The Morgan fingerprint density at radius 1 is 1.00 bits per heavy atom. The van der Waals surface area contributed by atoms with Crippen LogP contribution in [0, 0.1) is 20.8 Å². The van der Waals surface area contributed by atoms with E-state index < -0.39 is 28.8 Å². The van der Waals surface area contributed by atoms with Crippen LogP contribution in [0.15, 0.2) is 53.5 Å². The molecule has 0 fully saturated rings. The molecule has 5 rings (SSSR count). The summed E-state index contributed by atoms with van der Waals surface area (Å²) in [6.07, 6.45) is 0.936. The summed E-state index contributed by atoms with van der Waals surface area (Å²) in [4.78, 5) is 32.2. The second-order valence-electron chi connectivity index (χ2n) is 11.6. The number of ether oxygens (including phenoxy) is 2. The molecule has 8 nitrogen and oxygen atoms in total. The number of carbonyl (C=O) groups is 2. The molecule has 3 heterocycles. The predicted molar refractivity (Wildman–Crippen MR) is 172 cm³/mol. The number of aromatic nitrogens is 3. The number of esters is 2. The molecule has 2 aromatic carbocycles. The van der Waals surface area contributed by atoms with Crippen LogP contribution in [0.4, 0.5) is 0 Å². The zero-order valence-corrected chi connectivity index (χ0v) is 27.2. The third-order valence-corrected chi connectivity index (χ3v) is 9.02. The van der Waals surface area contributed by atoms with E-state index in [4.69, 9.17) is 27.1 Å². The Bertz CT molecular complexity index is 1700. The highest BCUT2D eigenvalue weighted by atomic mass is 32.1. The fourth-order valence-electron chi connectivity index (χ4n) is 4.90. The van der Waals surface area contributed by atoms with Gasteiger partial charge in [-0.25, -0.2) is 4.79 Å². The predicted octanol–water partition coefficient (Wildman–Crippen LogP) is 6.71. The highest BCUT2D eigenvalue weighted by molar-refractivity contribution is 7.81. The van der Waals surface area contributed by atoms with E-state index in [0.29, 0.717) is 17.2 Å². The van der Waals surface area contributed by atoms with E-state index in [2.05, 4.69) is 55.2 Å². The van der Waals surface area contributed by atoms with Gasteiger partial charge in [0, 0.05) is 16.0 Å². The number of nitrogens with zero attached hydrogens (tertiary/aromatic N) is 4. The van der Waals surface area contributed by atoms with Crippen molar-refractivity contribution in [3.8, 4) is 5.00 Å². The summed E-state index contributed by atoms with van der Waals surface area (Å²) in [6, 6.07) is 14.4. The normalized spacial score (nSPS) is 15.2. The first kappa shape index (κ1) is 30.7. The first-order valence-corrected chi connectivity index (χ1v) is 15.6. The Morgan fingerprint density at radius 3 is 2.28 bits per heavy atom. The lowest BCUT2D eigenvalue weighted by Gasteiger charge is -2.19. The van der Waals surface area contributed by atoms with Gasteiger partial charge in [0.1, 0.15) is 34.3 Å². The van der Waals surface area contributed by atoms with E-state index >= 15 is 0 Å². The van der Waals surface area contributed by atoms with Crippen LogP contribution < -0.4 is 0 Å². The van der Waals surface area contributed by atoms with Gasteiger partial charge in [-0.2, -0.15) is 12.6 Å². The number of hydrogen-bond acceptors (Lipinski definition) is 9. The van der Waals surface area contributed by atoms with E-state index in [1.807, 2.05) is 32.3 Å². The van der Waals surface area contributed by atoms with Crippen molar-refractivity contribution in [1.82, 2.24) is 14.8 Å². The third kappa shape index (κ3) is 6.31. The minimum Gasteiger partial charge on any atom is -0.460 e. The molecule has 1 aliphatic heterocycles. The van der Waals surface area contributed by atoms with E-state index in [-0.39, 0.29) is 6.61 Å². The molecular weight excluding hydrogens is 581 g/mol. The van der Waals surface area contributed by atoms with Crippen molar-refractivity contribution in [2.75, 3.05) is 0 Å². The van der Waals surface area contributed by atoms with Gasteiger partial charge in [0.05, 0.1) is 11.3 Å². The van der Waals surface area contributed by atoms with Gasteiger partial charge in [0.25, 0.3) is 0 Å². The Hall–Kier alpha value is -3.76. The molecule has 0 saturated carbocycles. The number of carbonyl (C=O) groups excluding carboxylic acids is 2. The topological polar surface area (TPSA) is 95.7 Å². The highest BCUT2D eigenvalue weighted by Gasteiger charge is 2.37. The van der Waals surface area contributed by atoms with Gasteiger partial charge in [-0.05, 0) is 76.8 Å². The maximum absolute atomic E-state index is 13.4. The third-order valence-electron chi connectivity index (χ3n) is 7.34. The van der Waals surface area contributed by atoms with E-state index in [0.717, 1.165) is 39.4 Å². The maximum atomic E-state index is 13.4. The minimum absolute atomic E-state index is 0.0175. The molecule has 2 aromatic heterocycles. The molecule has 0 amide bonds. The fraction of sp³-hybridized carbons (Fsp3) is 0.364. The van der Waals surface area contributed by atoms with Crippen molar-refractivity contribution >= 4 is 41.6 Å². The molecule has 43 heavy (non-hydrogen) atoms. The second kappa shape index (κ2) is 12.1. The van der Waals surface area contributed by atoms with Crippen LogP contribution in [0.3, 0.4) is 0 Å². The quantitative estimate of drug-likeness (QED) is 0.183. The van der Waals surface area contributed by atoms with Gasteiger partial charge in [0.15, 0.2) is 5.82 Å². The average Bonchev–Trinajstić information content (AvgIpc) is 3.44. The molecule has 0 spiro atoms. The molecular formula is C33H36N4O4S2. The molecule has 0 aliphatic carbocycles. The lowest BCUT2D eigenvalue weighted by molar-refractivity contribution is -0.144. The lowest BCUT2D eigenvalue weighted by atomic mass is 9.98. The summed E-state index contributed by atoms with van der Waals surface area (Å²) in [5, 5.41) is 8.87. The molecule has 0 bridgehead atoms. The van der Waals surface area contributed by atoms with Crippen LogP contribution in [-0.2, 0) is 27.3 Å². The molecule has 10 heteroatoms. The zero-order chi connectivity index (χ0) is 31.1. The number of thiol groups is 1. The lowest BCUT2D eigenvalue weighted by Crippen LogP contribution is -2.26. The first-order valence-electron chi connectivity index (χ1n) is 14.2. The Balaban J connectivity index is 1.44. The molecule has 2 atom stereocenters. The summed E-state index contributed by atoms with van der Waals surface area (Å²) in [6.45, 7) is 13.7. The van der Waals surface area contributed by atoms with Gasteiger partial charge in [-0.15, -0.1) is 21.5 Å². The van der Waals surface area contributed by atoms with Crippen LogP contribution in [0.5, 0.6) is 0 Å². The van der Waals surface area contributed by atoms with Crippen LogP contribution in [0.1, 0.15) is 88.4 Å². The zero-order valence-electron chi connectivity index (χ0n) is 25.5. The summed E-state index contributed by atoms with van der Waals surface area (Å²) in [5.41, 5.74) is 5.70. The maximum Gasteiger partial charge on any atom is 0.338 e. The monoisotopic (exact) mass is 616 g/mol. The molecule has 4 aromatic rings. The van der Waals surface area contributed by atoms with Crippen molar-refractivity contribution in [2.45, 2.75) is 78.4 Å². The van der Waals surface area contributed by atoms with Crippen molar-refractivity contribution < 1.29 is 19.1 Å². The number of fused-ring (bicyclic) bond motifs is 3. The molecule has 0 radical (unpaired) electrons. The van der Waals surface area contributed by atoms with Gasteiger partial charge in [-0.1, -0.05) is 43.3 Å². The number of benzene rings is 2. The van der Waals surface area contributed by atoms with E-state index in [9.17, 15) is 9.59 Å². The first-order chi connectivity index (χ1) is 20.4. The van der Waals surface area contributed by atoms with Crippen LogP contribution >= 0.6 is 24.0 Å². The molecule has 0 N–H and O–H groups in total. The van der Waals surface area contributed by atoms with Gasteiger partial charge >= 0.3 is 11.9 Å². The Morgan fingerprint density at radius 2 is 1.65 bits per heavy atom. The number of aryl methyl sites for hydroxylation is 3.